The number of aryl methyl sites for hydroxylation is 1. The molecule has 38 heavy (non-hydrogen) atoms. The Morgan fingerprint density at radius 1 is 0.947 bits per heavy atom. The average molecular weight is 511 g/mol. The number of hydrogen-bond donors (Lipinski definition) is 0. The van der Waals surface area contributed by atoms with Gasteiger partial charge in [0.2, 0.25) is 5.91 Å². The first kappa shape index (κ1) is 25.9. The highest BCUT2D eigenvalue weighted by Crippen LogP contribution is 2.28. The van der Waals surface area contributed by atoms with Crippen molar-refractivity contribution in [2.45, 2.75) is 52.9 Å². The van der Waals surface area contributed by atoms with Crippen LogP contribution in [0.4, 0.5) is 5.82 Å². The minimum absolute atomic E-state index is 0.137. The Bertz CT molecular complexity index is 1360. The van der Waals surface area contributed by atoms with Crippen molar-refractivity contribution >= 4 is 22.8 Å². The van der Waals surface area contributed by atoms with Gasteiger partial charge in [0.15, 0.2) is 5.65 Å². The first-order valence-electron chi connectivity index (χ1n) is 14.0. The van der Waals surface area contributed by atoms with Crippen LogP contribution in [0.5, 0.6) is 0 Å². The van der Waals surface area contributed by atoms with Gasteiger partial charge in [-0.2, -0.15) is 5.10 Å². The van der Waals surface area contributed by atoms with Gasteiger partial charge in [0.25, 0.3) is 0 Å². The fraction of sp³-hybridized carbons (Fsp3) is 0.419. The molecule has 0 aliphatic carbocycles. The van der Waals surface area contributed by atoms with Gasteiger partial charge < -0.3 is 9.80 Å². The van der Waals surface area contributed by atoms with Crippen molar-refractivity contribution in [1.29, 1.82) is 0 Å². The Hall–Kier alpha value is -3.74. The maximum Gasteiger partial charge on any atom is 0.225 e. The number of benzene rings is 2. The van der Waals surface area contributed by atoms with E-state index in [9.17, 15) is 4.79 Å². The molecule has 0 unspecified atom stereocenters. The number of unbranched alkanes of at least 4 members (excludes halogenated alkanes) is 1. The van der Waals surface area contributed by atoms with Gasteiger partial charge in [-0.15, -0.1) is 0 Å². The maximum atomic E-state index is 13.2. The summed E-state index contributed by atoms with van der Waals surface area (Å²) in [5.74, 6) is 2.13. The van der Waals surface area contributed by atoms with E-state index in [1.807, 2.05) is 41.2 Å². The van der Waals surface area contributed by atoms with Crippen LogP contribution < -0.4 is 4.90 Å². The summed E-state index contributed by atoms with van der Waals surface area (Å²) in [4.78, 5) is 27.6. The first-order chi connectivity index (χ1) is 18.6. The molecule has 0 bridgehead atoms. The second-order valence-corrected chi connectivity index (χ2v) is 10.3. The van der Waals surface area contributed by atoms with E-state index in [-0.39, 0.29) is 5.92 Å². The monoisotopic (exact) mass is 510 g/mol. The molecule has 0 N–H and O–H groups in total. The zero-order valence-corrected chi connectivity index (χ0v) is 22.8. The molecule has 0 spiro atoms. The number of piperazine rings is 1. The molecule has 1 fully saturated rings. The smallest absolute Gasteiger partial charge is 0.225 e. The van der Waals surface area contributed by atoms with E-state index in [1.54, 1.807) is 0 Å². The first-order valence-corrected chi connectivity index (χ1v) is 14.0. The van der Waals surface area contributed by atoms with Crippen molar-refractivity contribution in [2.24, 2.45) is 5.92 Å². The highest BCUT2D eigenvalue weighted by atomic mass is 16.2. The minimum Gasteiger partial charge on any atom is -0.352 e. The summed E-state index contributed by atoms with van der Waals surface area (Å²) < 4.78 is 1.90. The molecule has 5 rings (SSSR count). The molecule has 7 nitrogen and oxygen atoms in total. The van der Waals surface area contributed by atoms with Gasteiger partial charge in [-0.1, -0.05) is 74.7 Å². The Balaban J connectivity index is 1.44. The highest BCUT2D eigenvalue weighted by Gasteiger charge is 2.28. The number of hydrogen-bond acceptors (Lipinski definition) is 5. The lowest BCUT2D eigenvalue weighted by atomic mass is 9.97. The van der Waals surface area contributed by atoms with Crippen LogP contribution in [0.25, 0.3) is 16.7 Å². The van der Waals surface area contributed by atoms with Crippen molar-refractivity contribution in [2.75, 3.05) is 31.1 Å². The van der Waals surface area contributed by atoms with Crippen LogP contribution in [0, 0.1) is 12.8 Å². The number of fused-ring (bicyclic) bond motifs is 1. The van der Waals surface area contributed by atoms with Crippen LogP contribution in [0.1, 0.15) is 56.5 Å². The Morgan fingerprint density at radius 2 is 1.68 bits per heavy atom. The number of aromatic nitrogens is 4. The molecule has 1 atom stereocenters. The summed E-state index contributed by atoms with van der Waals surface area (Å²) in [5.41, 5.74) is 4.20. The van der Waals surface area contributed by atoms with Gasteiger partial charge in [0.1, 0.15) is 11.6 Å². The normalized spacial score (nSPS) is 14.7. The van der Waals surface area contributed by atoms with E-state index in [0.717, 1.165) is 67.1 Å². The standard InChI is InChI=1S/C31H38N6O/c1-4-6-10-25(5-2)31(38)36-19-17-35(18-20-36)29-27-22-32-37(26-11-8-7-9-12-26)30(27)34-28(33-29)21-24-15-13-23(3)14-16-24/h7-9,11-16,22,25H,4-6,10,17-21H2,1-3H3/t25-/m0/s1. The van der Waals surface area contributed by atoms with Gasteiger partial charge >= 0.3 is 0 Å². The third kappa shape index (κ3) is 5.57. The molecule has 2 aromatic carbocycles. The molecule has 7 heteroatoms. The van der Waals surface area contributed by atoms with Gasteiger partial charge in [-0.3, -0.25) is 4.79 Å². The number of anilines is 1. The second-order valence-electron chi connectivity index (χ2n) is 10.3. The molecule has 4 aromatic rings. The Kier molecular flexibility index (Phi) is 8.01. The van der Waals surface area contributed by atoms with Crippen LogP contribution >= 0.6 is 0 Å². The number of carbonyl (C=O) groups excluding carboxylic acids is 1. The summed E-state index contributed by atoms with van der Waals surface area (Å²) in [6.07, 6.45) is 6.66. The van der Waals surface area contributed by atoms with E-state index in [4.69, 9.17) is 15.1 Å². The van der Waals surface area contributed by atoms with E-state index in [1.165, 1.54) is 11.1 Å². The number of rotatable bonds is 9. The quantitative estimate of drug-likeness (QED) is 0.294. The molecule has 1 aliphatic heterocycles. The topological polar surface area (TPSA) is 67.2 Å². The third-order valence-corrected chi connectivity index (χ3v) is 7.58. The summed E-state index contributed by atoms with van der Waals surface area (Å²) in [6.45, 7) is 9.35. The third-order valence-electron chi connectivity index (χ3n) is 7.58. The fourth-order valence-electron chi connectivity index (χ4n) is 5.25. The van der Waals surface area contributed by atoms with E-state index >= 15 is 0 Å². The minimum atomic E-state index is 0.137. The van der Waals surface area contributed by atoms with E-state index < -0.39 is 0 Å². The number of amides is 1. The Labute approximate surface area is 225 Å². The van der Waals surface area contributed by atoms with Gasteiger partial charge in [-0.25, -0.2) is 14.6 Å². The SMILES string of the molecule is CCCC[C@H](CC)C(=O)N1CCN(c2nc(Cc3ccc(C)cc3)nc3c2cnn3-c2ccccc2)CC1. The molecular formula is C31H38N6O. The summed E-state index contributed by atoms with van der Waals surface area (Å²) in [6, 6.07) is 18.7. The lowest BCUT2D eigenvalue weighted by Crippen LogP contribution is -2.50. The molecule has 2 aromatic heterocycles. The number of nitrogens with zero attached hydrogens (tertiary/aromatic N) is 6. The molecule has 0 saturated carbocycles. The van der Waals surface area contributed by atoms with Crippen LogP contribution in [0.2, 0.25) is 0 Å². The molecule has 3 heterocycles. The van der Waals surface area contributed by atoms with E-state index in [0.29, 0.717) is 25.4 Å². The van der Waals surface area contributed by atoms with Crippen molar-refractivity contribution in [3.8, 4) is 5.69 Å². The molecular weight excluding hydrogens is 472 g/mol. The molecule has 1 amide bonds. The summed E-state index contributed by atoms with van der Waals surface area (Å²) >= 11 is 0. The number of para-hydroxylation sites is 1. The zero-order chi connectivity index (χ0) is 26.5. The maximum absolute atomic E-state index is 13.2. The highest BCUT2D eigenvalue weighted by molar-refractivity contribution is 5.88. The van der Waals surface area contributed by atoms with Crippen molar-refractivity contribution in [3.05, 3.63) is 77.7 Å². The van der Waals surface area contributed by atoms with Gasteiger partial charge in [0.05, 0.1) is 17.3 Å². The predicted octanol–water partition coefficient (Wildman–Crippen LogP) is 5.58. The summed E-state index contributed by atoms with van der Waals surface area (Å²) in [7, 11) is 0. The molecule has 1 aliphatic rings. The van der Waals surface area contributed by atoms with E-state index in [2.05, 4.69) is 54.8 Å². The van der Waals surface area contributed by atoms with Crippen LogP contribution in [0.3, 0.4) is 0 Å². The van der Waals surface area contributed by atoms with Crippen molar-refractivity contribution in [3.63, 3.8) is 0 Å². The molecule has 0 radical (unpaired) electrons. The summed E-state index contributed by atoms with van der Waals surface area (Å²) in [5, 5.41) is 5.65. The van der Waals surface area contributed by atoms with Crippen LogP contribution in [0.15, 0.2) is 60.8 Å². The molecule has 1 saturated heterocycles. The zero-order valence-electron chi connectivity index (χ0n) is 22.8. The number of carbonyl (C=O) groups is 1. The predicted molar refractivity (Wildman–Crippen MR) is 153 cm³/mol. The van der Waals surface area contributed by atoms with Crippen LogP contribution in [-0.4, -0.2) is 56.7 Å². The van der Waals surface area contributed by atoms with Crippen molar-refractivity contribution in [1.82, 2.24) is 24.6 Å². The van der Waals surface area contributed by atoms with Crippen LogP contribution in [-0.2, 0) is 11.2 Å². The second kappa shape index (κ2) is 11.8. The Morgan fingerprint density at radius 3 is 2.37 bits per heavy atom. The fourth-order valence-corrected chi connectivity index (χ4v) is 5.25. The average Bonchev–Trinajstić information content (AvgIpc) is 3.39. The van der Waals surface area contributed by atoms with Gasteiger partial charge in [-0.05, 0) is 37.5 Å². The van der Waals surface area contributed by atoms with Gasteiger partial charge in [0, 0.05) is 38.5 Å². The van der Waals surface area contributed by atoms with Crippen molar-refractivity contribution < 1.29 is 4.79 Å². The largest absolute Gasteiger partial charge is 0.352 e. The lowest BCUT2D eigenvalue weighted by molar-refractivity contribution is -0.136. The molecule has 198 valence electrons. The lowest BCUT2D eigenvalue weighted by Gasteiger charge is -2.37.